The molecule has 2 aliphatic carbocycles. The molecule has 6 atom stereocenters. The molecule has 4 saturated heterocycles. The number of amides is 4. The van der Waals surface area contributed by atoms with Gasteiger partial charge in [-0.25, -0.2) is 4.39 Å². The summed E-state index contributed by atoms with van der Waals surface area (Å²) < 4.78 is 15.0. The molecule has 3 aromatic rings. The number of halogens is 1. The summed E-state index contributed by atoms with van der Waals surface area (Å²) in [5, 5.41) is 10.1. The Kier molecular flexibility index (Phi) is 9.22. The minimum atomic E-state index is -0.795. The number of carbonyl (C=O) groups is 4. The lowest BCUT2D eigenvalue weighted by Crippen LogP contribution is -2.48. The average molecular weight is 731 g/mol. The van der Waals surface area contributed by atoms with Crippen molar-refractivity contribution in [2.75, 3.05) is 26.2 Å². The van der Waals surface area contributed by atoms with Gasteiger partial charge in [0.15, 0.2) is 11.6 Å². The van der Waals surface area contributed by atoms with E-state index in [1.165, 1.54) is 28.2 Å². The zero-order chi connectivity index (χ0) is 37.1. The Bertz CT molecular complexity index is 1970. The van der Waals surface area contributed by atoms with Gasteiger partial charge < -0.3 is 5.11 Å². The van der Waals surface area contributed by atoms with Gasteiger partial charge in [-0.3, -0.25) is 38.8 Å². The van der Waals surface area contributed by atoms with Crippen molar-refractivity contribution in [3.8, 4) is 5.75 Å². The molecule has 9 rings (SSSR count). The number of allylic oxidation sites excluding steroid dienone is 2. The number of piperidine rings is 2. The van der Waals surface area contributed by atoms with E-state index in [2.05, 4.69) is 34.1 Å². The molecule has 0 aromatic heterocycles. The Morgan fingerprint density at radius 3 is 1.67 bits per heavy atom. The van der Waals surface area contributed by atoms with Crippen LogP contribution in [-0.2, 0) is 32.3 Å². The second-order valence-corrected chi connectivity index (χ2v) is 16.3. The summed E-state index contributed by atoms with van der Waals surface area (Å²) in [4.78, 5) is 65.5. The lowest BCUT2D eigenvalue weighted by Gasteiger charge is -2.44. The fourth-order valence-corrected chi connectivity index (χ4v) is 10.8. The van der Waals surface area contributed by atoms with Gasteiger partial charge in [0, 0.05) is 57.3 Å². The molecule has 0 spiro atoms. The van der Waals surface area contributed by atoms with Crippen LogP contribution in [0.5, 0.6) is 5.75 Å². The van der Waals surface area contributed by atoms with Gasteiger partial charge in [-0.1, -0.05) is 78.4 Å². The second-order valence-electron chi connectivity index (χ2n) is 16.3. The van der Waals surface area contributed by atoms with Crippen LogP contribution in [0.2, 0.25) is 0 Å². The first-order valence-electron chi connectivity index (χ1n) is 19.7. The molecule has 4 aliphatic heterocycles. The molecule has 3 aromatic carbocycles. The first kappa shape index (κ1) is 35.1. The molecule has 280 valence electrons. The SMILES string of the molecule is O=C1C2CC=C3C(CC4C(=O)N(C5CCN(Cc6ccccc6)CC5)C(=O)C4C3c3ccc(O)c(F)c3)C2C(=O)N1C1CCN(Cc2ccccc2)CC1. The van der Waals surface area contributed by atoms with Crippen LogP contribution in [-0.4, -0.2) is 86.6 Å². The van der Waals surface area contributed by atoms with Crippen molar-refractivity contribution in [2.45, 2.75) is 69.6 Å². The van der Waals surface area contributed by atoms with E-state index < -0.39 is 47.1 Å². The molecular weight excluding hydrogens is 684 g/mol. The van der Waals surface area contributed by atoms with E-state index in [0.717, 1.165) is 44.8 Å². The van der Waals surface area contributed by atoms with Crippen LogP contribution in [0, 0.1) is 35.4 Å². The summed E-state index contributed by atoms with van der Waals surface area (Å²) in [6.07, 6.45) is 5.45. The van der Waals surface area contributed by atoms with Gasteiger partial charge in [-0.05, 0) is 73.3 Å². The summed E-state index contributed by atoms with van der Waals surface area (Å²) in [5.74, 6) is -5.63. The molecule has 0 radical (unpaired) electrons. The molecule has 6 aliphatic rings. The molecule has 4 amide bonds. The maximum Gasteiger partial charge on any atom is 0.234 e. The zero-order valence-electron chi connectivity index (χ0n) is 30.4. The maximum atomic E-state index is 15.0. The summed E-state index contributed by atoms with van der Waals surface area (Å²) in [5.41, 5.74) is 3.82. The van der Waals surface area contributed by atoms with Crippen LogP contribution < -0.4 is 0 Å². The van der Waals surface area contributed by atoms with E-state index in [9.17, 15) is 24.3 Å². The predicted octanol–water partition coefficient (Wildman–Crippen LogP) is 5.50. The standard InChI is InChI=1S/C44H47FN4O5/c45-36-23-29(11-14-37(36)50)38-32-12-13-33-39(43(53)48(41(33)51)30-15-19-46(20-16-30)25-27-7-3-1-4-8-27)34(32)24-35-40(38)44(54)49(42(35)52)31-17-21-47(22-18-31)26-28-9-5-2-6-10-28/h1-12,14,23,30-31,33-35,38-40,50H,13,15-22,24-26H2. The van der Waals surface area contributed by atoms with Crippen LogP contribution in [0.3, 0.4) is 0 Å². The highest BCUT2D eigenvalue weighted by atomic mass is 19.1. The first-order valence-corrected chi connectivity index (χ1v) is 19.7. The Morgan fingerprint density at radius 2 is 1.13 bits per heavy atom. The van der Waals surface area contributed by atoms with Crippen LogP contribution in [0.15, 0.2) is 90.5 Å². The van der Waals surface area contributed by atoms with Gasteiger partial charge >= 0.3 is 0 Å². The molecule has 9 nitrogen and oxygen atoms in total. The number of rotatable bonds is 7. The number of likely N-dealkylation sites (tertiary alicyclic amines) is 4. The highest BCUT2D eigenvalue weighted by molar-refractivity contribution is 6.08. The van der Waals surface area contributed by atoms with E-state index >= 15 is 4.39 Å². The molecule has 4 heterocycles. The van der Waals surface area contributed by atoms with Gasteiger partial charge in [0.1, 0.15) is 0 Å². The minimum absolute atomic E-state index is 0.131. The van der Waals surface area contributed by atoms with Crippen LogP contribution in [0.25, 0.3) is 0 Å². The summed E-state index contributed by atoms with van der Waals surface area (Å²) >= 11 is 0. The number of aromatic hydroxyl groups is 1. The highest BCUT2D eigenvalue weighted by Crippen LogP contribution is 2.58. The predicted molar refractivity (Wildman–Crippen MR) is 199 cm³/mol. The van der Waals surface area contributed by atoms with Crippen molar-refractivity contribution in [1.29, 1.82) is 0 Å². The second kappa shape index (κ2) is 14.2. The quantitative estimate of drug-likeness (QED) is 0.253. The molecule has 5 fully saturated rings. The van der Waals surface area contributed by atoms with Crippen molar-refractivity contribution >= 4 is 23.6 Å². The molecule has 54 heavy (non-hydrogen) atoms. The molecule has 6 unspecified atom stereocenters. The smallest absolute Gasteiger partial charge is 0.234 e. The summed E-state index contributed by atoms with van der Waals surface area (Å²) in [6, 6.07) is 24.4. The molecule has 10 heteroatoms. The monoisotopic (exact) mass is 730 g/mol. The van der Waals surface area contributed by atoms with Crippen molar-refractivity contribution in [3.63, 3.8) is 0 Å². The number of fused-ring (bicyclic) bond motifs is 4. The Balaban J connectivity index is 0.964. The number of hydrogen-bond acceptors (Lipinski definition) is 7. The van der Waals surface area contributed by atoms with Crippen molar-refractivity contribution < 1.29 is 28.7 Å². The van der Waals surface area contributed by atoms with E-state index in [-0.39, 0.29) is 35.7 Å². The number of carbonyl (C=O) groups excluding carboxylic acids is 4. The van der Waals surface area contributed by atoms with Crippen LogP contribution in [0.4, 0.5) is 4.39 Å². The third-order valence-electron chi connectivity index (χ3n) is 13.4. The van der Waals surface area contributed by atoms with Crippen molar-refractivity contribution in [2.24, 2.45) is 29.6 Å². The number of benzene rings is 3. The lowest BCUT2D eigenvalue weighted by atomic mass is 9.57. The maximum absolute atomic E-state index is 15.0. The third kappa shape index (κ3) is 6.07. The van der Waals surface area contributed by atoms with Gasteiger partial charge in [0.05, 0.1) is 23.7 Å². The topological polar surface area (TPSA) is 101 Å². The number of nitrogens with zero attached hydrogens (tertiary/aromatic N) is 4. The first-order chi connectivity index (χ1) is 26.3. The van der Waals surface area contributed by atoms with Gasteiger partial charge in [-0.15, -0.1) is 0 Å². The fourth-order valence-electron chi connectivity index (χ4n) is 10.8. The highest BCUT2D eigenvalue weighted by Gasteiger charge is 2.63. The number of phenolic OH excluding ortho intramolecular Hbond substituents is 1. The van der Waals surface area contributed by atoms with Crippen LogP contribution in [0.1, 0.15) is 61.1 Å². The summed E-state index contributed by atoms with van der Waals surface area (Å²) in [7, 11) is 0. The van der Waals surface area contributed by atoms with Crippen LogP contribution >= 0.6 is 0 Å². The average Bonchev–Trinajstić information content (AvgIpc) is 3.60. The Hall–Kier alpha value is -4.67. The summed E-state index contributed by atoms with van der Waals surface area (Å²) in [6.45, 7) is 4.73. The number of hydrogen-bond donors (Lipinski definition) is 1. The van der Waals surface area contributed by atoms with Gasteiger partial charge in [0.25, 0.3) is 0 Å². The number of imide groups is 2. The molecule has 1 N–H and O–H groups in total. The normalized spacial score (nSPS) is 29.7. The minimum Gasteiger partial charge on any atom is -0.505 e. The lowest BCUT2D eigenvalue weighted by molar-refractivity contribution is -0.146. The van der Waals surface area contributed by atoms with Crippen molar-refractivity contribution in [1.82, 2.24) is 19.6 Å². The Labute approximate surface area is 315 Å². The fraction of sp³-hybridized carbons (Fsp3) is 0.455. The molecular formula is C44H47FN4O5. The van der Waals surface area contributed by atoms with Crippen molar-refractivity contribution in [3.05, 3.63) is 113 Å². The third-order valence-corrected chi connectivity index (χ3v) is 13.4. The molecule has 1 saturated carbocycles. The zero-order valence-corrected chi connectivity index (χ0v) is 30.4. The van der Waals surface area contributed by atoms with Gasteiger partial charge in [0.2, 0.25) is 23.6 Å². The van der Waals surface area contributed by atoms with E-state index in [1.807, 2.05) is 42.5 Å². The largest absolute Gasteiger partial charge is 0.505 e. The Morgan fingerprint density at radius 1 is 0.611 bits per heavy atom. The van der Waals surface area contributed by atoms with E-state index in [0.29, 0.717) is 44.1 Å². The number of phenols is 1. The van der Waals surface area contributed by atoms with Gasteiger partial charge in [-0.2, -0.15) is 0 Å². The molecule has 0 bridgehead atoms. The van der Waals surface area contributed by atoms with E-state index in [4.69, 9.17) is 0 Å². The van der Waals surface area contributed by atoms with E-state index in [1.54, 1.807) is 11.0 Å².